The molecule has 2 aliphatic carbocycles. The van der Waals surface area contributed by atoms with Gasteiger partial charge in [-0.1, -0.05) is 67.6 Å². The molecular formula is C27H30N2O6. The minimum absolute atomic E-state index is 0.0572. The fraction of sp³-hybridized carbons (Fsp3) is 0.370. The molecule has 8 heteroatoms. The van der Waals surface area contributed by atoms with E-state index in [-0.39, 0.29) is 32.0 Å². The van der Waals surface area contributed by atoms with Crippen molar-refractivity contribution in [2.24, 2.45) is 5.92 Å². The number of carbonyl (C=O) groups excluding carboxylic acids is 2. The Hall–Kier alpha value is -3.65. The van der Waals surface area contributed by atoms with Gasteiger partial charge in [-0.2, -0.15) is 0 Å². The van der Waals surface area contributed by atoms with Gasteiger partial charge in [0.1, 0.15) is 12.1 Å². The molecule has 0 aliphatic heterocycles. The number of carbonyl (C=O) groups is 3. The molecule has 0 aromatic heterocycles. The SMILES string of the molecule is CCC(COC)(NC(=O)OCC1c2ccccc2-c2ccccc21)C(=O)NC1C=CC(C(=O)O)C1. The number of carboxylic acid groups (broad SMARTS) is 1. The molecule has 2 amide bonds. The lowest BCUT2D eigenvalue weighted by molar-refractivity contribution is -0.140. The van der Waals surface area contributed by atoms with E-state index in [9.17, 15) is 19.5 Å². The van der Waals surface area contributed by atoms with E-state index < -0.39 is 35.5 Å². The number of aliphatic carboxylic acids is 1. The van der Waals surface area contributed by atoms with E-state index in [1.807, 2.05) is 36.4 Å². The summed E-state index contributed by atoms with van der Waals surface area (Å²) >= 11 is 0. The Morgan fingerprint density at radius 1 is 1.03 bits per heavy atom. The van der Waals surface area contributed by atoms with Crippen LogP contribution < -0.4 is 10.6 Å². The molecular weight excluding hydrogens is 448 g/mol. The highest BCUT2D eigenvalue weighted by atomic mass is 16.5. The summed E-state index contributed by atoms with van der Waals surface area (Å²) in [6.07, 6.45) is 3.04. The summed E-state index contributed by atoms with van der Waals surface area (Å²) < 4.78 is 10.9. The standard InChI is InChI=1S/C27H30N2O6/c1-3-27(16-34-2,25(32)28-18-13-12-17(14-18)24(30)31)29-26(33)35-15-23-21-10-6-4-8-19(21)20-9-5-7-11-22(20)23/h4-13,17-18,23H,3,14-16H2,1-2H3,(H,28,32)(H,29,33)(H,30,31). The maximum Gasteiger partial charge on any atom is 0.408 e. The van der Waals surface area contributed by atoms with E-state index in [4.69, 9.17) is 9.47 Å². The third-order valence-corrected chi connectivity index (χ3v) is 6.83. The Kier molecular flexibility index (Phi) is 7.21. The summed E-state index contributed by atoms with van der Waals surface area (Å²) in [6, 6.07) is 15.7. The fourth-order valence-corrected chi connectivity index (χ4v) is 4.88. The largest absolute Gasteiger partial charge is 0.481 e. The first kappa shape index (κ1) is 24.5. The maximum atomic E-state index is 13.2. The molecule has 0 bridgehead atoms. The first-order valence-electron chi connectivity index (χ1n) is 11.7. The van der Waals surface area contributed by atoms with Crippen LogP contribution in [0, 0.1) is 5.92 Å². The molecule has 0 radical (unpaired) electrons. The molecule has 0 spiro atoms. The van der Waals surface area contributed by atoms with Gasteiger partial charge >= 0.3 is 12.1 Å². The number of nitrogens with one attached hydrogen (secondary N) is 2. The van der Waals surface area contributed by atoms with Gasteiger partial charge in [0.2, 0.25) is 5.91 Å². The molecule has 0 heterocycles. The van der Waals surface area contributed by atoms with Crippen LogP contribution >= 0.6 is 0 Å². The zero-order valence-electron chi connectivity index (χ0n) is 19.8. The molecule has 3 unspecified atom stereocenters. The summed E-state index contributed by atoms with van der Waals surface area (Å²) in [5.74, 6) is -2.13. The smallest absolute Gasteiger partial charge is 0.408 e. The van der Waals surface area contributed by atoms with Crippen LogP contribution in [0.25, 0.3) is 11.1 Å². The van der Waals surface area contributed by atoms with Crippen molar-refractivity contribution in [3.63, 3.8) is 0 Å². The Labute approximate surface area is 204 Å². The van der Waals surface area contributed by atoms with Gasteiger partial charge in [0.05, 0.1) is 12.5 Å². The van der Waals surface area contributed by atoms with Gasteiger partial charge in [-0.25, -0.2) is 4.79 Å². The van der Waals surface area contributed by atoms with Crippen molar-refractivity contribution in [1.82, 2.24) is 10.6 Å². The number of benzene rings is 2. The number of methoxy groups -OCH3 is 1. The monoisotopic (exact) mass is 478 g/mol. The molecule has 2 aliphatic rings. The third kappa shape index (κ3) is 4.93. The van der Waals surface area contributed by atoms with Crippen LogP contribution in [0.3, 0.4) is 0 Å². The molecule has 0 fully saturated rings. The van der Waals surface area contributed by atoms with Crippen LogP contribution in [-0.4, -0.2) is 55.0 Å². The van der Waals surface area contributed by atoms with Crippen molar-refractivity contribution >= 4 is 18.0 Å². The molecule has 184 valence electrons. The third-order valence-electron chi connectivity index (χ3n) is 6.83. The molecule has 3 atom stereocenters. The zero-order chi connectivity index (χ0) is 25.0. The van der Waals surface area contributed by atoms with E-state index in [0.717, 1.165) is 22.3 Å². The second-order valence-corrected chi connectivity index (χ2v) is 8.96. The number of rotatable bonds is 9. The lowest BCUT2D eigenvalue weighted by Gasteiger charge is -2.32. The molecule has 2 aromatic carbocycles. The summed E-state index contributed by atoms with van der Waals surface area (Å²) in [5.41, 5.74) is 3.09. The van der Waals surface area contributed by atoms with Gasteiger partial charge < -0.3 is 25.2 Å². The first-order chi connectivity index (χ1) is 16.9. The molecule has 0 saturated heterocycles. The highest BCUT2D eigenvalue weighted by Crippen LogP contribution is 2.44. The topological polar surface area (TPSA) is 114 Å². The quantitative estimate of drug-likeness (QED) is 0.476. The second-order valence-electron chi connectivity index (χ2n) is 8.96. The number of fused-ring (bicyclic) bond motifs is 3. The second kappa shape index (κ2) is 10.3. The predicted molar refractivity (Wildman–Crippen MR) is 130 cm³/mol. The fourth-order valence-electron chi connectivity index (χ4n) is 4.88. The summed E-state index contributed by atoms with van der Waals surface area (Å²) in [7, 11) is 1.45. The van der Waals surface area contributed by atoms with Crippen molar-refractivity contribution in [1.29, 1.82) is 0 Å². The van der Waals surface area contributed by atoms with Crippen molar-refractivity contribution in [2.75, 3.05) is 20.3 Å². The number of hydrogen-bond acceptors (Lipinski definition) is 5. The van der Waals surface area contributed by atoms with Crippen LogP contribution in [0.1, 0.15) is 36.8 Å². The molecule has 2 aromatic rings. The zero-order valence-corrected chi connectivity index (χ0v) is 19.8. The van der Waals surface area contributed by atoms with Gasteiger partial charge in [0.15, 0.2) is 0 Å². The highest BCUT2D eigenvalue weighted by molar-refractivity contribution is 5.90. The number of alkyl carbamates (subject to hydrolysis) is 1. The van der Waals surface area contributed by atoms with Gasteiger partial charge in [-0.15, -0.1) is 0 Å². The summed E-state index contributed by atoms with van der Waals surface area (Å²) in [6.45, 7) is 1.84. The average molecular weight is 479 g/mol. The van der Waals surface area contributed by atoms with Crippen LogP contribution in [0.15, 0.2) is 60.7 Å². The van der Waals surface area contributed by atoms with Crippen molar-refractivity contribution < 1.29 is 29.0 Å². The Morgan fingerprint density at radius 3 is 2.20 bits per heavy atom. The van der Waals surface area contributed by atoms with E-state index >= 15 is 0 Å². The number of hydrogen-bond donors (Lipinski definition) is 3. The van der Waals surface area contributed by atoms with Crippen LogP contribution in [0.4, 0.5) is 4.79 Å². The summed E-state index contributed by atoms with van der Waals surface area (Å²) in [4.78, 5) is 37.3. The van der Waals surface area contributed by atoms with Crippen molar-refractivity contribution in [3.8, 4) is 11.1 Å². The Balaban J connectivity index is 1.43. The minimum atomic E-state index is -1.35. The number of ether oxygens (including phenoxy) is 2. The van der Waals surface area contributed by atoms with Crippen molar-refractivity contribution in [2.45, 2.75) is 37.3 Å². The average Bonchev–Trinajstić information content (AvgIpc) is 3.45. The first-order valence-corrected chi connectivity index (χ1v) is 11.7. The van der Waals surface area contributed by atoms with Gasteiger partial charge in [-0.05, 0) is 35.1 Å². The lowest BCUT2D eigenvalue weighted by Crippen LogP contribution is -2.62. The highest BCUT2D eigenvalue weighted by Gasteiger charge is 2.41. The van der Waals surface area contributed by atoms with Crippen LogP contribution in [0.2, 0.25) is 0 Å². The normalized spacial score (nSPS) is 19.9. The lowest BCUT2D eigenvalue weighted by atomic mass is 9.95. The number of amides is 2. The van der Waals surface area contributed by atoms with Crippen LogP contribution in [-0.2, 0) is 19.1 Å². The number of carboxylic acids is 1. The molecule has 0 saturated carbocycles. The van der Waals surface area contributed by atoms with E-state index in [2.05, 4.69) is 22.8 Å². The van der Waals surface area contributed by atoms with Gasteiger partial charge in [0.25, 0.3) is 0 Å². The van der Waals surface area contributed by atoms with E-state index in [1.165, 1.54) is 7.11 Å². The molecule has 3 N–H and O–H groups in total. The Bertz CT molecular complexity index is 1100. The molecule has 8 nitrogen and oxygen atoms in total. The Morgan fingerprint density at radius 2 is 1.66 bits per heavy atom. The maximum absolute atomic E-state index is 13.2. The summed E-state index contributed by atoms with van der Waals surface area (Å²) in [5, 5.41) is 14.7. The molecule has 35 heavy (non-hydrogen) atoms. The van der Waals surface area contributed by atoms with Gasteiger partial charge in [-0.3, -0.25) is 9.59 Å². The van der Waals surface area contributed by atoms with Crippen molar-refractivity contribution in [3.05, 3.63) is 71.8 Å². The van der Waals surface area contributed by atoms with Gasteiger partial charge in [0, 0.05) is 19.1 Å². The minimum Gasteiger partial charge on any atom is -0.481 e. The van der Waals surface area contributed by atoms with E-state index in [0.29, 0.717) is 0 Å². The molecule has 4 rings (SSSR count). The predicted octanol–water partition coefficient (Wildman–Crippen LogP) is 3.47. The van der Waals surface area contributed by atoms with Crippen LogP contribution in [0.5, 0.6) is 0 Å². The van der Waals surface area contributed by atoms with E-state index in [1.54, 1.807) is 19.1 Å².